The van der Waals surface area contributed by atoms with E-state index in [1.54, 1.807) is 12.1 Å². The van der Waals surface area contributed by atoms with Crippen molar-refractivity contribution in [1.29, 1.82) is 0 Å². The van der Waals surface area contributed by atoms with Crippen LogP contribution in [0.2, 0.25) is 0 Å². The minimum atomic E-state index is -0.946. The number of carbonyl (C=O) groups is 3. The first-order valence-corrected chi connectivity index (χ1v) is 9.15. The Morgan fingerprint density at radius 3 is 2.67 bits per heavy atom. The van der Waals surface area contributed by atoms with Crippen molar-refractivity contribution in [3.63, 3.8) is 0 Å². The van der Waals surface area contributed by atoms with E-state index >= 15 is 0 Å². The molecule has 0 radical (unpaired) electrons. The van der Waals surface area contributed by atoms with Crippen LogP contribution in [0, 0.1) is 24.5 Å². The first-order chi connectivity index (χ1) is 14.3. The second-order valence-electron chi connectivity index (χ2n) is 6.86. The van der Waals surface area contributed by atoms with Gasteiger partial charge < -0.3 is 19.7 Å². The van der Waals surface area contributed by atoms with Crippen LogP contribution in [-0.2, 0) is 19.1 Å². The molecule has 0 aromatic heterocycles. The van der Waals surface area contributed by atoms with Crippen LogP contribution < -0.4 is 15.0 Å². The molecule has 158 valence electrons. The van der Waals surface area contributed by atoms with Crippen LogP contribution in [0.4, 0.5) is 20.2 Å². The molecule has 1 aliphatic rings. The van der Waals surface area contributed by atoms with E-state index in [9.17, 15) is 23.2 Å². The maximum absolute atomic E-state index is 13.6. The number of nitrogens with zero attached hydrogens (tertiary/aromatic N) is 1. The van der Waals surface area contributed by atoms with Gasteiger partial charge in [0.15, 0.2) is 6.61 Å². The SMILES string of the molecule is COc1ccc(C)cc1N1C[C@@H](C(=O)OCC(=O)Nc2ccc(F)cc2F)CC1=O. The van der Waals surface area contributed by atoms with Gasteiger partial charge in [0.1, 0.15) is 17.4 Å². The zero-order chi connectivity index (χ0) is 21.8. The van der Waals surface area contributed by atoms with E-state index in [0.29, 0.717) is 17.5 Å². The maximum atomic E-state index is 13.6. The van der Waals surface area contributed by atoms with Gasteiger partial charge in [-0.2, -0.15) is 0 Å². The standard InChI is InChI=1S/C21H20F2N2O5/c1-12-3-6-18(29-2)17(7-12)25-10-13(8-20(25)27)21(28)30-11-19(26)24-16-5-4-14(22)9-15(16)23/h3-7,9,13H,8,10-11H2,1-2H3,(H,24,26)/t13-/m0/s1. The lowest BCUT2D eigenvalue weighted by Gasteiger charge is -2.20. The van der Waals surface area contributed by atoms with Gasteiger partial charge in [0.05, 0.1) is 24.4 Å². The molecular weight excluding hydrogens is 398 g/mol. The van der Waals surface area contributed by atoms with Gasteiger partial charge in [0, 0.05) is 19.0 Å². The molecule has 2 aromatic carbocycles. The van der Waals surface area contributed by atoms with Gasteiger partial charge in [-0.05, 0) is 36.8 Å². The number of carbonyl (C=O) groups excluding carboxylic acids is 3. The molecule has 30 heavy (non-hydrogen) atoms. The normalized spacial score (nSPS) is 15.8. The Morgan fingerprint density at radius 1 is 1.20 bits per heavy atom. The van der Waals surface area contributed by atoms with E-state index in [1.165, 1.54) is 12.0 Å². The Balaban J connectivity index is 1.58. The third-order valence-electron chi connectivity index (χ3n) is 4.63. The van der Waals surface area contributed by atoms with Crippen LogP contribution in [0.3, 0.4) is 0 Å². The van der Waals surface area contributed by atoms with Crippen molar-refractivity contribution >= 4 is 29.2 Å². The van der Waals surface area contributed by atoms with Crippen molar-refractivity contribution in [2.24, 2.45) is 5.92 Å². The number of hydrogen-bond donors (Lipinski definition) is 1. The summed E-state index contributed by atoms with van der Waals surface area (Å²) in [5.41, 5.74) is 1.25. The highest BCUT2D eigenvalue weighted by Crippen LogP contribution is 2.34. The number of aryl methyl sites for hydroxylation is 1. The van der Waals surface area contributed by atoms with Crippen molar-refractivity contribution in [1.82, 2.24) is 0 Å². The fraction of sp³-hybridized carbons (Fsp3) is 0.286. The largest absolute Gasteiger partial charge is 0.495 e. The average Bonchev–Trinajstić information content (AvgIpc) is 3.10. The van der Waals surface area contributed by atoms with Crippen molar-refractivity contribution in [3.8, 4) is 5.75 Å². The van der Waals surface area contributed by atoms with E-state index in [4.69, 9.17) is 9.47 Å². The summed E-state index contributed by atoms with van der Waals surface area (Å²) in [6.45, 7) is 1.30. The number of amides is 2. The van der Waals surface area contributed by atoms with E-state index in [1.807, 2.05) is 13.0 Å². The predicted octanol–water partition coefficient (Wildman–Crippen LogP) is 2.82. The molecule has 3 rings (SSSR count). The highest BCUT2D eigenvalue weighted by molar-refractivity contribution is 6.01. The van der Waals surface area contributed by atoms with E-state index < -0.39 is 36.0 Å². The molecular formula is C21H20F2N2O5. The Bertz CT molecular complexity index is 995. The topological polar surface area (TPSA) is 84.9 Å². The van der Waals surface area contributed by atoms with E-state index in [0.717, 1.165) is 17.7 Å². The number of hydrogen-bond acceptors (Lipinski definition) is 5. The molecule has 1 fully saturated rings. The number of esters is 1. The molecule has 1 aliphatic heterocycles. The lowest BCUT2D eigenvalue weighted by molar-refractivity contribution is -0.151. The lowest BCUT2D eigenvalue weighted by Crippen LogP contribution is -2.28. The Labute approximate surface area is 171 Å². The number of ether oxygens (including phenoxy) is 2. The van der Waals surface area contributed by atoms with Crippen LogP contribution in [0.5, 0.6) is 5.75 Å². The maximum Gasteiger partial charge on any atom is 0.311 e. The minimum Gasteiger partial charge on any atom is -0.495 e. The predicted molar refractivity (Wildman–Crippen MR) is 104 cm³/mol. The van der Waals surface area contributed by atoms with Crippen LogP contribution in [-0.4, -0.2) is 38.0 Å². The molecule has 1 N–H and O–H groups in total. The Hall–Kier alpha value is -3.49. The number of halogens is 2. The van der Waals surface area contributed by atoms with Crippen LogP contribution in [0.15, 0.2) is 36.4 Å². The highest BCUT2D eigenvalue weighted by Gasteiger charge is 2.37. The molecule has 1 atom stereocenters. The number of anilines is 2. The summed E-state index contributed by atoms with van der Waals surface area (Å²) in [5.74, 6) is -3.74. The zero-order valence-corrected chi connectivity index (χ0v) is 16.4. The van der Waals surface area contributed by atoms with Crippen LogP contribution in [0.25, 0.3) is 0 Å². The van der Waals surface area contributed by atoms with Gasteiger partial charge in [-0.3, -0.25) is 14.4 Å². The van der Waals surface area contributed by atoms with Gasteiger partial charge in [-0.1, -0.05) is 6.07 Å². The second-order valence-corrected chi connectivity index (χ2v) is 6.86. The minimum absolute atomic E-state index is 0.0653. The molecule has 2 aromatic rings. The molecule has 0 aliphatic carbocycles. The molecule has 2 amide bonds. The van der Waals surface area contributed by atoms with Gasteiger partial charge in [-0.25, -0.2) is 8.78 Å². The molecule has 0 saturated carbocycles. The Morgan fingerprint density at radius 2 is 1.97 bits per heavy atom. The van der Waals surface area contributed by atoms with Gasteiger partial charge in [0.2, 0.25) is 5.91 Å². The zero-order valence-electron chi connectivity index (χ0n) is 16.4. The van der Waals surface area contributed by atoms with Gasteiger partial charge in [-0.15, -0.1) is 0 Å². The lowest BCUT2D eigenvalue weighted by atomic mass is 10.1. The number of rotatable bonds is 6. The van der Waals surface area contributed by atoms with Crippen molar-refractivity contribution < 1.29 is 32.6 Å². The molecule has 7 nitrogen and oxygen atoms in total. The first-order valence-electron chi connectivity index (χ1n) is 9.15. The highest BCUT2D eigenvalue weighted by atomic mass is 19.1. The summed E-state index contributed by atoms with van der Waals surface area (Å²) >= 11 is 0. The summed E-state index contributed by atoms with van der Waals surface area (Å²) in [5, 5.41) is 2.20. The summed E-state index contributed by atoms with van der Waals surface area (Å²) in [6, 6.07) is 8.05. The van der Waals surface area contributed by atoms with Gasteiger partial charge >= 0.3 is 5.97 Å². The molecule has 1 heterocycles. The molecule has 9 heteroatoms. The molecule has 0 spiro atoms. The number of nitrogens with one attached hydrogen (secondary N) is 1. The van der Waals surface area contributed by atoms with E-state index in [2.05, 4.69) is 5.32 Å². The number of benzene rings is 2. The fourth-order valence-electron chi connectivity index (χ4n) is 3.14. The quantitative estimate of drug-likeness (QED) is 0.730. The molecule has 0 unspecified atom stereocenters. The van der Waals surface area contributed by atoms with Crippen LogP contribution in [0.1, 0.15) is 12.0 Å². The van der Waals surface area contributed by atoms with E-state index in [-0.39, 0.29) is 24.6 Å². The smallest absolute Gasteiger partial charge is 0.311 e. The van der Waals surface area contributed by atoms with Crippen molar-refractivity contribution in [2.45, 2.75) is 13.3 Å². The monoisotopic (exact) mass is 418 g/mol. The summed E-state index contributed by atoms with van der Waals surface area (Å²) < 4.78 is 36.8. The van der Waals surface area contributed by atoms with Crippen LogP contribution >= 0.6 is 0 Å². The second kappa shape index (κ2) is 8.89. The molecule has 0 bridgehead atoms. The molecule has 1 saturated heterocycles. The third kappa shape index (κ3) is 4.73. The fourth-order valence-corrected chi connectivity index (χ4v) is 3.14. The third-order valence-corrected chi connectivity index (χ3v) is 4.63. The van der Waals surface area contributed by atoms with Crippen molar-refractivity contribution in [2.75, 3.05) is 30.5 Å². The van der Waals surface area contributed by atoms with Gasteiger partial charge in [0.25, 0.3) is 5.91 Å². The summed E-state index contributed by atoms with van der Waals surface area (Å²) in [6.07, 6.45) is -0.0653. The summed E-state index contributed by atoms with van der Waals surface area (Å²) in [4.78, 5) is 38.1. The first kappa shape index (κ1) is 21.2. The Kier molecular flexibility index (Phi) is 6.29. The summed E-state index contributed by atoms with van der Waals surface area (Å²) in [7, 11) is 1.49. The number of methoxy groups -OCH3 is 1. The average molecular weight is 418 g/mol. The van der Waals surface area contributed by atoms with Crippen molar-refractivity contribution in [3.05, 3.63) is 53.6 Å².